The molecule has 2 aliphatic carbocycles. The van der Waals surface area contributed by atoms with Crippen LogP contribution in [0.2, 0.25) is 5.02 Å². The highest BCUT2D eigenvalue weighted by Crippen LogP contribution is 2.48. The maximum atomic E-state index is 13.4. The van der Waals surface area contributed by atoms with E-state index in [-0.39, 0.29) is 28.7 Å². The number of carbonyl (C=O) groups is 2. The molecule has 2 bridgehead atoms. The van der Waals surface area contributed by atoms with Gasteiger partial charge in [-0.1, -0.05) is 37.1 Å². The largest absolute Gasteiger partial charge is 0.490 e. The second kappa shape index (κ2) is 15.4. The number of fused-ring (bicyclic) bond motifs is 4. The number of aldehydes is 1. The van der Waals surface area contributed by atoms with Crippen molar-refractivity contribution in [1.29, 1.82) is 0 Å². The molecular formula is C39H52ClN3O6S. The van der Waals surface area contributed by atoms with Crippen LogP contribution in [0, 0.1) is 17.8 Å². The Morgan fingerprint density at radius 2 is 1.86 bits per heavy atom. The van der Waals surface area contributed by atoms with Crippen molar-refractivity contribution < 1.29 is 27.5 Å². The van der Waals surface area contributed by atoms with E-state index in [4.69, 9.17) is 21.1 Å². The van der Waals surface area contributed by atoms with Gasteiger partial charge in [-0.25, -0.2) is 13.1 Å². The van der Waals surface area contributed by atoms with Crippen LogP contribution < -0.4 is 19.7 Å². The number of piperidine rings is 1. The Bertz CT molecular complexity index is 1680. The van der Waals surface area contributed by atoms with Crippen molar-refractivity contribution >= 4 is 39.5 Å². The van der Waals surface area contributed by atoms with E-state index in [1.807, 2.05) is 25.1 Å². The molecule has 50 heavy (non-hydrogen) atoms. The Balaban J connectivity index is 0.000000652. The summed E-state index contributed by atoms with van der Waals surface area (Å²) in [6.45, 7) is 7.67. The minimum Gasteiger partial charge on any atom is -0.490 e. The highest BCUT2D eigenvalue weighted by atomic mass is 35.5. The number of amides is 1. The molecule has 272 valence electrons. The second-order valence-electron chi connectivity index (χ2n) is 15.0. The third kappa shape index (κ3) is 7.50. The lowest BCUT2D eigenvalue weighted by molar-refractivity contribution is -0.135. The van der Waals surface area contributed by atoms with Crippen LogP contribution in [-0.4, -0.2) is 71.4 Å². The number of rotatable bonds is 2. The minimum atomic E-state index is -3.97. The molecule has 0 aromatic heterocycles. The zero-order chi connectivity index (χ0) is 35.5. The number of hydrogen-bond acceptors (Lipinski definition) is 8. The summed E-state index contributed by atoms with van der Waals surface area (Å²) < 4.78 is 41.3. The fourth-order valence-electron chi connectivity index (χ4n) is 8.48. The van der Waals surface area contributed by atoms with E-state index in [9.17, 15) is 18.0 Å². The molecule has 1 spiro atoms. The van der Waals surface area contributed by atoms with E-state index < -0.39 is 26.8 Å². The molecule has 2 fully saturated rings. The van der Waals surface area contributed by atoms with Gasteiger partial charge >= 0.3 is 0 Å². The van der Waals surface area contributed by atoms with Gasteiger partial charge in [0, 0.05) is 42.1 Å². The van der Waals surface area contributed by atoms with Gasteiger partial charge in [0.15, 0.2) is 6.29 Å². The van der Waals surface area contributed by atoms with E-state index >= 15 is 0 Å². The number of nitrogens with zero attached hydrogens (tertiary/aromatic N) is 1. The molecule has 3 aliphatic heterocycles. The number of benzene rings is 2. The van der Waals surface area contributed by atoms with Gasteiger partial charge < -0.3 is 19.7 Å². The molecule has 11 heteroatoms. The quantitative estimate of drug-likeness (QED) is 0.277. The fourth-order valence-corrected chi connectivity index (χ4v) is 9.96. The van der Waals surface area contributed by atoms with Crippen LogP contribution in [0.4, 0.5) is 5.69 Å². The molecule has 2 N–H and O–H groups in total. The van der Waals surface area contributed by atoms with Crippen LogP contribution in [0.25, 0.3) is 0 Å². The van der Waals surface area contributed by atoms with Gasteiger partial charge in [0.2, 0.25) is 10.0 Å². The topological polar surface area (TPSA) is 114 Å². The Kier molecular flexibility index (Phi) is 11.3. The molecule has 1 saturated heterocycles. The van der Waals surface area contributed by atoms with Gasteiger partial charge in [0.05, 0.1) is 17.5 Å². The Labute approximate surface area is 302 Å². The van der Waals surface area contributed by atoms with Gasteiger partial charge in [0.1, 0.15) is 11.4 Å². The molecule has 0 unspecified atom stereocenters. The molecule has 1 amide bonds. The number of halogens is 1. The lowest BCUT2D eigenvalue weighted by Gasteiger charge is -2.48. The zero-order valence-corrected chi connectivity index (χ0v) is 31.2. The van der Waals surface area contributed by atoms with E-state index in [0.717, 1.165) is 44.1 Å². The summed E-state index contributed by atoms with van der Waals surface area (Å²) >= 11 is 6.40. The second-order valence-corrected chi connectivity index (χ2v) is 17.5. The molecule has 7 rings (SSSR count). The van der Waals surface area contributed by atoms with Gasteiger partial charge in [-0.15, -0.1) is 0 Å². The number of carbonyl (C=O) groups excluding carboxylic acids is 2. The molecule has 1 saturated carbocycles. The first-order chi connectivity index (χ1) is 24.0. The SMILES string of the molecule is C1CCNCC1.CO[C@]1(C=O)/C=C/C[C@H](C)[C@@H](C)S(=O)(=O)NC(=O)c2ccc3c(c2)N(C[C@@H]2CC[C@H]21)C[C@@]1(CCCc2cc(Cl)ccc21)CO3. The third-order valence-electron chi connectivity index (χ3n) is 11.9. The highest BCUT2D eigenvalue weighted by molar-refractivity contribution is 7.90. The van der Waals surface area contributed by atoms with Gasteiger partial charge in [-0.3, -0.25) is 9.59 Å². The third-order valence-corrected chi connectivity index (χ3v) is 14.1. The van der Waals surface area contributed by atoms with Crippen LogP contribution in [0.3, 0.4) is 0 Å². The smallest absolute Gasteiger partial charge is 0.264 e. The van der Waals surface area contributed by atoms with Crippen molar-refractivity contribution in [3.63, 3.8) is 0 Å². The number of anilines is 1. The average Bonchev–Trinajstić information content (AvgIpc) is 3.26. The first-order valence-electron chi connectivity index (χ1n) is 18.3. The van der Waals surface area contributed by atoms with E-state index in [0.29, 0.717) is 36.9 Å². The lowest BCUT2D eigenvalue weighted by Crippen LogP contribution is -2.53. The first-order valence-corrected chi connectivity index (χ1v) is 20.2. The van der Waals surface area contributed by atoms with Crippen molar-refractivity contribution in [1.82, 2.24) is 10.0 Å². The molecule has 5 aliphatic rings. The first kappa shape index (κ1) is 36.9. The predicted octanol–water partition coefficient (Wildman–Crippen LogP) is 6.23. The molecule has 3 heterocycles. The van der Waals surface area contributed by atoms with Crippen molar-refractivity contribution in [3.05, 3.63) is 70.3 Å². The summed E-state index contributed by atoms with van der Waals surface area (Å²) in [4.78, 5) is 28.4. The number of sulfonamides is 1. The number of ether oxygens (including phenoxy) is 2. The summed E-state index contributed by atoms with van der Waals surface area (Å²) in [5, 5.41) is 3.16. The van der Waals surface area contributed by atoms with Crippen LogP contribution in [0.1, 0.15) is 86.7 Å². The summed E-state index contributed by atoms with van der Waals surface area (Å²) in [6.07, 6.45) is 13.9. The Morgan fingerprint density at radius 1 is 1.06 bits per heavy atom. The van der Waals surface area contributed by atoms with Crippen molar-refractivity contribution in [3.8, 4) is 5.75 Å². The Hall–Kier alpha value is -2.92. The van der Waals surface area contributed by atoms with Crippen molar-refractivity contribution in [2.75, 3.05) is 44.8 Å². The summed E-state index contributed by atoms with van der Waals surface area (Å²) in [5.74, 6) is -0.203. The normalized spacial score (nSPS) is 32.7. The monoisotopic (exact) mass is 725 g/mol. The van der Waals surface area contributed by atoms with Gasteiger partial charge in [-0.2, -0.15) is 0 Å². The summed E-state index contributed by atoms with van der Waals surface area (Å²) in [6, 6.07) is 11.3. The molecule has 6 atom stereocenters. The molecule has 9 nitrogen and oxygen atoms in total. The van der Waals surface area contributed by atoms with E-state index in [1.54, 1.807) is 32.2 Å². The molecule has 2 aromatic carbocycles. The predicted molar refractivity (Wildman–Crippen MR) is 198 cm³/mol. The summed E-state index contributed by atoms with van der Waals surface area (Å²) in [5.41, 5.74) is 2.05. The Morgan fingerprint density at radius 3 is 2.52 bits per heavy atom. The van der Waals surface area contributed by atoms with E-state index in [2.05, 4.69) is 27.1 Å². The van der Waals surface area contributed by atoms with Gasteiger partial charge in [0.25, 0.3) is 5.91 Å². The lowest BCUT2D eigenvalue weighted by atomic mass is 9.64. The van der Waals surface area contributed by atoms with Crippen molar-refractivity contribution in [2.45, 2.75) is 87.9 Å². The average molecular weight is 726 g/mol. The standard InChI is InChI=1S/C34H41ClN2O6S.C5H11N/c1-22-6-4-15-34(20-38,42-3)29-11-8-26(29)18-37-19-33(14-5-7-24-16-27(35)10-12-28(24)33)21-43-31-13-9-25(17-30(31)37)32(39)36-44(40,41)23(22)2;1-2-4-6-5-3-1/h4,9-10,12-13,15-17,20,22-23,26,29H,5-8,11,14,18-19,21H2,1-3H3,(H,36,39);6H,1-5H2/b15-4+;/t22-,23+,26-,29+,33-,34-;/m0./s1. The minimum absolute atomic E-state index is 0.0434. The van der Waals surface area contributed by atoms with Crippen LogP contribution in [0.15, 0.2) is 48.6 Å². The highest BCUT2D eigenvalue weighted by Gasteiger charge is 2.49. The molecule has 2 aromatic rings. The molecular weight excluding hydrogens is 674 g/mol. The van der Waals surface area contributed by atoms with Gasteiger partial charge in [-0.05, 0) is 131 Å². The number of methoxy groups -OCH3 is 1. The van der Waals surface area contributed by atoms with Crippen LogP contribution >= 0.6 is 11.6 Å². The maximum Gasteiger partial charge on any atom is 0.264 e. The molecule has 0 radical (unpaired) electrons. The van der Waals surface area contributed by atoms with Crippen LogP contribution in [0.5, 0.6) is 5.75 Å². The fraction of sp³-hybridized carbons (Fsp3) is 0.590. The number of allylic oxidation sites excluding steroid dienone is 1. The van der Waals surface area contributed by atoms with Crippen LogP contribution in [-0.2, 0) is 31.4 Å². The van der Waals surface area contributed by atoms with Crippen molar-refractivity contribution in [2.24, 2.45) is 17.8 Å². The van der Waals surface area contributed by atoms with E-state index in [1.165, 1.54) is 43.5 Å². The summed E-state index contributed by atoms with van der Waals surface area (Å²) in [7, 11) is -2.41. The number of nitrogens with one attached hydrogen (secondary N) is 2. The number of hydrogen-bond donors (Lipinski definition) is 2. The number of aryl methyl sites for hydroxylation is 1. The zero-order valence-electron chi connectivity index (χ0n) is 29.6. The maximum absolute atomic E-state index is 13.4.